The zero-order valence-electron chi connectivity index (χ0n) is 10.7. The number of phenolic OH excluding ortho intramolecular Hbond substituents is 2. The fraction of sp³-hybridized carbons (Fsp3) is 0.467. The second-order valence-corrected chi connectivity index (χ2v) is 5.03. The van der Waals surface area contributed by atoms with Crippen LogP contribution in [0.5, 0.6) is 11.5 Å². The first-order valence-electron chi connectivity index (χ1n) is 6.44. The molecule has 3 nitrogen and oxygen atoms in total. The largest absolute Gasteiger partial charge is 0.507 e. The maximum absolute atomic E-state index is 10.1. The van der Waals surface area contributed by atoms with Crippen molar-refractivity contribution in [3.8, 4) is 11.5 Å². The Hall–Kier alpha value is -1.48. The van der Waals surface area contributed by atoms with Crippen molar-refractivity contribution >= 4 is 0 Å². The van der Waals surface area contributed by atoms with Gasteiger partial charge in [-0.2, -0.15) is 0 Å². The van der Waals surface area contributed by atoms with E-state index in [9.17, 15) is 10.2 Å². The third-order valence-corrected chi connectivity index (χ3v) is 3.54. The van der Waals surface area contributed by atoms with E-state index in [0.717, 1.165) is 24.8 Å². The van der Waals surface area contributed by atoms with Gasteiger partial charge in [-0.1, -0.05) is 11.6 Å². The first-order valence-corrected chi connectivity index (χ1v) is 6.44. The standard InChI is InChI=1S/C15H20O3/c1-10-3-2-4-12(7-10)15-13(17)8-11(5-6-16)9-14(15)18/h7-9,12,16-18H,2-6H2,1H3/t12-/m0/s1. The SMILES string of the molecule is CC1=C[C@@H](c2c(O)cc(CCO)cc2O)CCC1. The van der Waals surface area contributed by atoms with E-state index in [-0.39, 0.29) is 24.0 Å². The second kappa shape index (κ2) is 5.44. The van der Waals surface area contributed by atoms with Gasteiger partial charge in [-0.15, -0.1) is 0 Å². The summed E-state index contributed by atoms with van der Waals surface area (Å²) >= 11 is 0. The fourth-order valence-corrected chi connectivity index (χ4v) is 2.67. The van der Waals surface area contributed by atoms with Crippen molar-refractivity contribution in [2.24, 2.45) is 0 Å². The van der Waals surface area contributed by atoms with Gasteiger partial charge in [0.25, 0.3) is 0 Å². The van der Waals surface area contributed by atoms with E-state index < -0.39 is 0 Å². The molecule has 0 heterocycles. The average Bonchev–Trinajstić information content (AvgIpc) is 2.28. The van der Waals surface area contributed by atoms with Gasteiger partial charge in [-0.05, 0) is 50.3 Å². The van der Waals surface area contributed by atoms with Crippen LogP contribution in [0.2, 0.25) is 0 Å². The van der Waals surface area contributed by atoms with Crippen LogP contribution in [-0.4, -0.2) is 21.9 Å². The summed E-state index contributed by atoms with van der Waals surface area (Å²) in [5.41, 5.74) is 2.69. The maximum Gasteiger partial charge on any atom is 0.123 e. The zero-order valence-corrected chi connectivity index (χ0v) is 10.7. The number of rotatable bonds is 3. The lowest BCUT2D eigenvalue weighted by molar-refractivity contribution is 0.299. The van der Waals surface area contributed by atoms with Crippen LogP contribution in [0.1, 0.15) is 43.2 Å². The van der Waals surface area contributed by atoms with Gasteiger partial charge in [0.2, 0.25) is 0 Å². The van der Waals surface area contributed by atoms with Crippen LogP contribution in [0.15, 0.2) is 23.8 Å². The van der Waals surface area contributed by atoms with E-state index in [1.54, 1.807) is 12.1 Å². The molecule has 0 bridgehead atoms. The Kier molecular flexibility index (Phi) is 3.92. The van der Waals surface area contributed by atoms with E-state index in [1.165, 1.54) is 5.57 Å². The Bertz CT molecular complexity index is 440. The van der Waals surface area contributed by atoms with Gasteiger partial charge in [0.1, 0.15) is 11.5 Å². The molecule has 2 rings (SSSR count). The molecule has 1 aromatic rings. The highest BCUT2D eigenvalue weighted by Crippen LogP contribution is 2.41. The van der Waals surface area contributed by atoms with E-state index >= 15 is 0 Å². The topological polar surface area (TPSA) is 60.7 Å². The highest BCUT2D eigenvalue weighted by molar-refractivity contribution is 5.50. The average molecular weight is 248 g/mol. The molecule has 0 fully saturated rings. The Balaban J connectivity index is 2.36. The highest BCUT2D eigenvalue weighted by Gasteiger charge is 2.21. The van der Waals surface area contributed by atoms with Crippen LogP contribution in [-0.2, 0) is 6.42 Å². The number of hydrogen-bond donors (Lipinski definition) is 3. The molecule has 18 heavy (non-hydrogen) atoms. The minimum atomic E-state index is 0.0145. The molecule has 0 aliphatic heterocycles. The minimum Gasteiger partial charge on any atom is -0.507 e. The Labute approximate surface area is 107 Å². The summed E-state index contributed by atoms with van der Waals surface area (Å²) in [4.78, 5) is 0. The number of aliphatic hydroxyl groups excluding tert-OH is 1. The van der Waals surface area contributed by atoms with Gasteiger partial charge in [0, 0.05) is 18.1 Å². The number of hydrogen-bond acceptors (Lipinski definition) is 3. The Morgan fingerprint density at radius 3 is 2.44 bits per heavy atom. The third-order valence-electron chi connectivity index (χ3n) is 3.54. The number of aromatic hydroxyl groups is 2. The van der Waals surface area contributed by atoms with Crippen molar-refractivity contribution in [2.75, 3.05) is 6.61 Å². The lowest BCUT2D eigenvalue weighted by Gasteiger charge is -2.22. The molecule has 1 aliphatic carbocycles. The van der Waals surface area contributed by atoms with Crippen molar-refractivity contribution in [1.29, 1.82) is 0 Å². The summed E-state index contributed by atoms with van der Waals surface area (Å²) in [6.45, 7) is 2.10. The Morgan fingerprint density at radius 2 is 1.89 bits per heavy atom. The normalized spacial score (nSPS) is 19.7. The van der Waals surface area contributed by atoms with Gasteiger partial charge in [0.05, 0.1) is 0 Å². The molecule has 0 saturated heterocycles. The molecule has 1 aromatic carbocycles. The maximum atomic E-state index is 10.1. The molecule has 0 radical (unpaired) electrons. The summed E-state index contributed by atoms with van der Waals surface area (Å²) in [5, 5.41) is 29.0. The molecule has 1 atom stereocenters. The molecule has 98 valence electrons. The van der Waals surface area contributed by atoms with E-state index in [4.69, 9.17) is 5.11 Å². The van der Waals surface area contributed by atoms with Gasteiger partial charge >= 0.3 is 0 Å². The van der Waals surface area contributed by atoms with Crippen LogP contribution in [0, 0.1) is 0 Å². The summed E-state index contributed by atoms with van der Waals surface area (Å²) in [6, 6.07) is 3.28. The molecule has 0 saturated carbocycles. The van der Waals surface area contributed by atoms with Crippen LogP contribution < -0.4 is 0 Å². The lowest BCUT2D eigenvalue weighted by atomic mass is 9.84. The van der Waals surface area contributed by atoms with Gasteiger partial charge in [-0.25, -0.2) is 0 Å². The summed E-state index contributed by atoms with van der Waals surface area (Å²) in [5.74, 6) is 0.366. The highest BCUT2D eigenvalue weighted by atomic mass is 16.3. The molecule has 0 amide bonds. The molecule has 0 spiro atoms. The predicted molar refractivity (Wildman–Crippen MR) is 70.9 cm³/mol. The third kappa shape index (κ3) is 2.67. The van der Waals surface area contributed by atoms with Gasteiger partial charge in [0.15, 0.2) is 0 Å². The summed E-state index contributed by atoms with van der Waals surface area (Å²) in [7, 11) is 0. The summed E-state index contributed by atoms with van der Waals surface area (Å²) < 4.78 is 0. The van der Waals surface area contributed by atoms with E-state index in [0.29, 0.717) is 12.0 Å². The van der Waals surface area contributed by atoms with E-state index in [2.05, 4.69) is 13.0 Å². The molecule has 0 aromatic heterocycles. The Morgan fingerprint density at radius 1 is 1.22 bits per heavy atom. The van der Waals surface area contributed by atoms with Crippen molar-refractivity contribution in [1.82, 2.24) is 0 Å². The zero-order chi connectivity index (χ0) is 13.1. The predicted octanol–water partition coefficient (Wildman–Crippen LogP) is 2.85. The molecular weight excluding hydrogens is 228 g/mol. The molecule has 1 aliphatic rings. The van der Waals surface area contributed by atoms with E-state index in [1.807, 2.05) is 0 Å². The van der Waals surface area contributed by atoms with Gasteiger partial charge in [-0.3, -0.25) is 0 Å². The molecule has 3 heteroatoms. The quantitative estimate of drug-likeness (QED) is 0.721. The van der Waals surface area contributed by atoms with Crippen LogP contribution >= 0.6 is 0 Å². The number of benzene rings is 1. The van der Waals surface area contributed by atoms with Crippen molar-refractivity contribution in [2.45, 2.75) is 38.5 Å². The first-order chi connectivity index (χ1) is 8.61. The molecular formula is C15H20O3. The smallest absolute Gasteiger partial charge is 0.123 e. The minimum absolute atomic E-state index is 0.0145. The number of allylic oxidation sites excluding steroid dienone is 2. The molecule has 3 N–H and O–H groups in total. The van der Waals surface area contributed by atoms with Crippen molar-refractivity contribution in [3.05, 3.63) is 34.9 Å². The fourth-order valence-electron chi connectivity index (χ4n) is 2.67. The number of phenols is 2. The lowest BCUT2D eigenvalue weighted by Crippen LogP contribution is -2.03. The van der Waals surface area contributed by atoms with Crippen molar-refractivity contribution in [3.63, 3.8) is 0 Å². The van der Waals surface area contributed by atoms with Gasteiger partial charge < -0.3 is 15.3 Å². The van der Waals surface area contributed by atoms with Crippen LogP contribution in [0.25, 0.3) is 0 Å². The monoisotopic (exact) mass is 248 g/mol. The van der Waals surface area contributed by atoms with Crippen LogP contribution in [0.4, 0.5) is 0 Å². The second-order valence-electron chi connectivity index (χ2n) is 5.03. The summed E-state index contributed by atoms with van der Waals surface area (Å²) in [6.07, 6.45) is 5.72. The number of aliphatic hydroxyl groups is 1. The molecule has 0 unspecified atom stereocenters. The van der Waals surface area contributed by atoms with Crippen molar-refractivity contribution < 1.29 is 15.3 Å². The first kappa shape index (κ1) is 13.0. The van der Waals surface area contributed by atoms with Crippen LogP contribution in [0.3, 0.4) is 0 Å².